The van der Waals surface area contributed by atoms with Gasteiger partial charge in [0.25, 0.3) is 0 Å². The Morgan fingerprint density at radius 2 is 2.00 bits per heavy atom. The summed E-state index contributed by atoms with van der Waals surface area (Å²) in [6.07, 6.45) is 2.60. The van der Waals surface area contributed by atoms with Gasteiger partial charge in [-0.3, -0.25) is 4.72 Å². The highest BCUT2D eigenvalue weighted by Crippen LogP contribution is 2.21. The minimum atomic E-state index is -3.28. The summed E-state index contributed by atoms with van der Waals surface area (Å²) in [5, 5.41) is 3.39. The molecule has 23 heavy (non-hydrogen) atoms. The summed E-state index contributed by atoms with van der Waals surface area (Å²) >= 11 is 0. The summed E-state index contributed by atoms with van der Waals surface area (Å²) < 4.78 is 30.5. The highest BCUT2D eigenvalue weighted by Gasteiger charge is 2.14. The third-order valence-corrected chi connectivity index (χ3v) is 4.07. The summed E-state index contributed by atoms with van der Waals surface area (Å²) in [6, 6.07) is 7.39. The predicted molar refractivity (Wildman–Crippen MR) is 90.8 cm³/mol. The lowest BCUT2D eigenvalue weighted by Crippen LogP contribution is -2.19. The molecule has 126 valence electrons. The zero-order chi connectivity index (χ0) is 17.0. The molecular weight excluding hydrogens is 314 g/mol. The van der Waals surface area contributed by atoms with Crippen molar-refractivity contribution < 1.29 is 12.8 Å². The summed E-state index contributed by atoms with van der Waals surface area (Å²) in [5.74, 6) is 1.17. The van der Waals surface area contributed by atoms with Gasteiger partial charge in [0.05, 0.1) is 11.9 Å². The first-order valence-corrected chi connectivity index (χ1v) is 9.39. The molecule has 0 bridgehead atoms. The van der Waals surface area contributed by atoms with E-state index in [0.29, 0.717) is 12.2 Å². The van der Waals surface area contributed by atoms with Crippen molar-refractivity contribution >= 4 is 15.7 Å². The van der Waals surface area contributed by atoms with Gasteiger partial charge in [-0.05, 0) is 24.6 Å². The average Bonchev–Trinajstić information content (AvgIpc) is 2.91. The number of nitrogens with zero attached hydrogens (tertiary/aromatic N) is 1. The average molecular weight is 337 g/mol. The minimum absolute atomic E-state index is 0.0491. The third-order valence-electron chi connectivity index (χ3n) is 3.46. The van der Waals surface area contributed by atoms with E-state index in [9.17, 15) is 8.42 Å². The van der Waals surface area contributed by atoms with E-state index >= 15 is 0 Å². The largest absolute Gasteiger partial charge is 0.448 e. The van der Waals surface area contributed by atoms with Gasteiger partial charge in [-0.15, -0.1) is 0 Å². The van der Waals surface area contributed by atoms with Crippen LogP contribution in [-0.2, 0) is 16.6 Å². The van der Waals surface area contributed by atoms with Crippen LogP contribution in [0.2, 0.25) is 0 Å². The minimum Gasteiger partial charge on any atom is -0.448 e. The molecule has 1 heterocycles. The molecule has 0 fully saturated rings. The second-order valence-electron chi connectivity index (χ2n) is 5.92. The fourth-order valence-electron chi connectivity index (χ4n) is 2.33. The van der Waals surface area contributed by atoms with Gasteiger partial charge in [0.15, 0.2) is 6.39 Å². The van der Waals surface area contributed by atoms with Crippen molar-refractivity contribution in [2.75, 3.05) is 11.0 Å². The Labute approximate surface area is 137 Å². The van der Waals surface area contributed by atoms with E-state index in [1.807, 2.05) is 25.1 Å². The molecule has 1 aromatic carbocycles. The maximum Gasteiger partial charge on any atom is 0.229 e. The molecule has 2 N–H and O–H groups in total. The maximum absolute atomic E-state index is 11.3. The number of anilines is 1. The van der Waals surface area contributed by atoms with E-state index in [0.717, 1.165) is 23.3 Å². The van der Waals surface area contributed by atoms with Crippen LogP contribution >= 0.6 is 0 Å². The second kappa shape index (κ2) is 7.14. The number of hydrogen-bond donors (Lipinski definition) is 2. The van der Waals surface area contributed by atoms with Crippen LogP contribution in [0.25, 0.3) is 0 Å². The molecule has 7 heteroatoms. The molecule has 0 saturated carbocycles. The molecule has 1 aromatic heterocycles. The van der Waals surface area contributed by atoms with Gasteiger partial charge >= 0.3 is 0 Å². The van der Waals surface area contributed by atoms with Crippen LogP contribution in [0.4, 0.5) is 5.69 Å². The fourth-order valence-corrected chi connectivity index (χ4v) is 2.89. The van der Waals surface area contributed by atoms with Crippen LogP contribution < -0.4 is 10.0 Å². The van der Waals surface area contributed by atoms with Crippen molar-refractivity contribution in [2.45, 2.75) is 39.3 Å². The van der Waals surface area contributed by atoms with Gasteiger partial charge in [-0.25, -0.2) is 13.4 Å². The number of aromatic nitrogens is 1. The quantitative estimate of drug-likeness (QED) is 0.811. The molecule has 0 radical (unpaired) electrons. The second-order valence-corrected chi connectivity index (χ2v) is 7.67. The van der Waals surface area contributed by atoms with Crippen molar-refractivity contribution in [1.29, 1.82) is 0 Å². The van der Waals surface area contributed by atoms with Crippen molar-refractivity contribution in [3.8, 4) is 0 Å². The first-order chi connectivity index (χ1) is 10.8. The number of nitrogens with one attached hydrogen (secondary N) is 2. The Kier molecular flexibility index (Phi) is 5.43. The lowest BCUT2D eigenvalue weighted by Gasteiger charge is -2.15. The van der Waals surface area contributed by atoms with E-state index in [4.69, 9.17) is 4.42 Å². The molecule has 0 spiro atoms. The van der Waals surface area contributed by atoms with E-state index in [1.54, 1.807) is 6.07 Å². The highest BCUT2D eigenvalue weighted by atomic mass is 32.2. The van der Waals surface area contributed by atoms with Crippen LogP contribution in [0.3, 0.4) is 0 Å². The van der Waals surface area contributed by atoms with Crippen molar-refractivity contribution in [3.05, 3.63) is 47.7 Å². The summed E-state index contributed by atoms with van der Waals surface area (Å²) in [6.45, 7) is 6.74. The first-order valence-electron chi connectivity index (χ1n) is 7.49. The molecule has 2 aromatic rings. The monoisotopic (exact) mass is 337 g/mol. The van der Waals surface area contributed by atoms with E-state index in [2.05, 4.69) is 28.9 Å². The van der Waals surface area contributed by atoms with E-state index < -0.39 is 10.0 Å². The van der Waals surface area contributed by atoms with E-state index in [1.165, 1.54) is 6.39 Å². The fraction of sp³-hybridized carbons (Fsp3) is 0.438. The normalized spacial score (nSPS) is 13.3. The highest BCUT2D eigenvalue weighted by molar-refractivity contribution is 7.92. The van der Waals surface area contributed by atoms with Crippen molar-refractivity contribution in [3.63, 3.8) is 0 Å². The van der Waals surface area contributed by atoms with Gasteiger partial charge in [-0.2, -0.15) is 0 Å². The Morgan fingerprint density at radius 3 is 2.65 bits per heavy atom. The molecule has 0 aliphatic rings. The maximum atomic E-state index is 11.3. The standard InChI is InChI=1S/C16H23N3O3S/c1-11(2)16-15(18-10-22-16)9-17-12(3)13-6-5-7-14(8-13)19-23(4,20)21/h5-8,10-12,17,19H,9H2,1-4H3. The Hall–Kier alpha value is -1.86. The third kappa shape index (κ3) is 5.07. The zero-order valence-electron chi connectivity index (χ0n) is 13.8. The molecule has 0 aliphatic heterocycles. The summed E-state index contributed by atoms with van der Waals surface area (Å²) in [5.41, 5.74) is 2.45. The number of sulfonamides is 1. The predicted octanol–water partition coefficient (Wildman–Crippen LogP) is 3.02. The molecule has 0 saturated heterocycles. The Bertz CT molecular complexity index is 753. The first kappa shape index (κ1) is 17.5. The molecule has 1 unspecified atom stereocenters. The van der Waals surface area contributed by atoms with Gasteiger partial charge in [0.1, 0.15) is 5.76 Å². The van der Waals surface area contributed by atoms with Crippen LogP contribution in [0.1, 0.15) is 49.7 Å². The Balaban J connectivity index is 2.04. The smallest absolute Gasteiger partial charge is 0.229 e. The van der Waals surface area contributed by atoms with E-state index in [-0.39, 0.29) is 12.0 Å². The van der Waals surface area contributed by atoms with Crippen molar-refractivity contribution in [1.82, 2.24) is 10.3 Å². The number of rotatable bonds is 7. The van der Waals surface area contributed by atoms with Crippen LogP contribution in [0, 0.1) is 0 Å². The molecule has 6 nitrogen and oxygen atoms in total. The molecule has 2 rings (SSSR count). The number of oxazole rings is 1. The van der Waals surface area contributed by atoms with Crippen molar-refractivity contribution in [2.24, 2.45) is 0 Å². The SMILES string of the molecule is CC(C)c1ocnc1CNC(C)c1cccc(NS(C)(=O)=O)c1. The molecule has 0 aliphatic carbocycles. The van der Waals surface area contributed by atoms with Gasteiger partial charge < -0.3 is 9.73 Å². The Morgan fingerprint density at radius 1 is 1.26 bits per heavy atom. The van der Waals surface area contributed by atoms with Gasteiger partial charge in [0, 0.05) is 24.2 Å². The molecule has 0 amide bonds. The lowest BCUT2D eigenvalue weighted by atomic mass is 10.1. The number of hydrogen-bond acceptors (Lipinski definition) is 5. The lowest BCUT2D eigenvalue weighted by molar-refractivity contribution is 0.473. The van der Waals surface area contributed by atoms with Gasteiger partial charge in [0.2, 0.25) is 10.0 Å². The summed E-state index contributed by atoms with van der Waals surface area (Å²) in [4.78, 5) is 4.25. The van der Waals surface area contributed by atoms with Gasteiger partial charge in [-0.1, -0.05) is 26.0 Å². The number of benzene rings is 1. The van der Waals surface area contributed by atoms with Crippen LogP contribution in [0.5, 0.6) is 0 Å². The zero-order valence-corrected chi connectivity index (χ0v) is 14.6. The topological polar surface area (TPSA) is 84.2 Å². The molecule has 1 atom stereocenters. The van der Waals surface area contributed by atoms with Crippen LogP contribution in [-0.4, -0.2) is 19.7 Å². The van der Waals surface area contributed by atoms with Crippen LogP contribution in [0.15, 0.2) is 35.1 Å². The summed E-state index contributed by atoms with van der Waals surface area (Å²) in [7, 11) is -3.28. The molecular formula is C16H23N3O3S.